The lowest BCUT2D eigenvalue weighted by Crippen LogP contribution is -2.20. The number of rotatable bonds is 6. The molecule has 0 aromatic heterocycles. The van der Waals surface area contributed by atoms with Gasteiger partial charge in [0.05, 0.1) is 7.11 Å². The molecule has 0 atom stereocenters. The lowest BCUT2D eigenvalue weighted by Gasteiger charge is -2.12. The van der Waals surface area contributed by atoms with Gasteiger partial charge in [-0.3, -0.25) is 9.59 Å². The Morgan fingerprint density at radius 1 is 1.00 bits per heavy atom. The number of carbonyl (C=O) groups is 2. The van der Waals surface area contributed by atoms with E-state index < -0.39 is 0 Å². The molecule has 0 aliphatic carbocycles. The molecule has 0 bridgehead atoms. The molecule has 0 aliphatic rings. The first-order valence-electron chi connectivity index (χ1n) is 7.43. The van der Waals surface area contributed by atoms with Crippen molar-refractivity contribution in [3.05, 3.63) is 48.0 Å². The summed E-state index contributed by atoms with van der Waals surface area (Å²) in [7, 11) is 1.55. The molecule has 0 heterocycles. The van der Waals surface area contributed by atoms with Gasteiger partial charge in [-0.05, 0) is 42.8 Å². The van der Waals surface area contributed by atoms with E-state index in [9.17, 15) is 9.59 Å². The Hall–Kier alpha value is -3.02. The van der Waals surface area contributed by atoms with E-state index in [0.717, 1.165) is 5.56 Å². The van der Waals surface area contributed by atoms with E-state index >= 15 is 0 Å². The lowest BCUT2D eigenvalue weighted by atomic mass is 10.2. The van der Waals surface area contributed by atoms with Gasteiger partial charge in [-0.1, -0.05) is 12.1 Å². The number of hydrogen-bond donors (Lipinski definition) is 2. The zero-order valence-electron chi connectivity index (χ0n) is 13.9. The molecule has 6 heteroatoms. The molecule has 2 amide bonds. The van der Waals surface area contributed by atoms with Crippen LogP contribution < -0.4 is 20.1 Å². The predicted molar refractivity (Wildman–Crippen MR) is 92.6 cm³/mol. The van der Waals surface area contributed by atoms with Crippen LogP contribution in [0.3, 0.4) is 0 Å². The molecule has 0 saturated heterocycles. The predicted octanol–water partition coefficient (Wildman–Crippen LogP) is 2.98. The van der Waals surface area contributed by atoms with E-state index in [1.54, 1.807) is 37.4 Å². The van der Waals surface area contributed by atoms with Crippen molar-refractivity contribution in [2.24, 2.45) is 0 Å². The molecular formula is C18H20N2O4. The molecule has 126 valence electrons. The minimum Gasteiger partial charge on any atom is -0.493 e. The van der Waals surface area contributed by atoms with E-state index in [0.29, 0.717) is 22.9 Å². The average molecular weight is 328 g/mol. The maximum absolute atomic E-state index is 12.0. The maximum atomic E-state index is 12.0. The molecule has 0 unspecified atom stereocenters. The average Bonchev–Trinajstić information content (AvgIpc) is 2.53. The van der Waals surface area contributed by atoms with Crippen LogP contribution in [0.4, 0.5) is 11.4 Å². The summed E-state index contributed by atoms with van der Waals surface area (Å²) >= 11 is 0. The first-order chi connectivity index (χ1) is 11.5. The monoisotopic (exact) mass is 328 g/mol. The Morgan fingerprint density at radius 2 is 1.71 bits per heavy atom. The standard InChI is InChI=1S/C18H20N2O4/c1-12-7-8-16(17(9-12)23-3)24-11-18(22)20-15-6-4-5-14(10-15)19-13(2)21/h4-10H,11H2,1-3H3,(H,19,21)(H,20,22). The number of ether oxygens (including phenoxy) is 2. The Kier molecular flexibility index (Phi) is 5.78. The molecular weight excluding hydrogens is 308 g/mol. The van der Waals surface area contributed by atoms with Gasteiger partial charge in [0, 0.05) is 18.3 Å². The van der Waals surface area contributed by atoms with Gasteiger partial charge in [0.25, 0.3) is 5.91 Å². The number of amides is 2. The number of anilines is 2. The number of benzene rings is 2. The van der Waals surface area contributed by atoms with Gasteiger partial charge in [-0.15, -0.1) is 0 Å². The molecule has 0 saturated carbocycles. The van der Waals surface area contributed by atoms with Crippen LogP contribution >= 0.6 is 0 Å². The SMILES string of the molecule is COc1cc(C)ccc1OCC(=O)Nc1cccc(NC(C)=O)c1. The van der Waals surface area contributed by atoms with Crippen LogP contribution in [0.15, 0.2) is 42.5 Å². The molecule has 0 spiro atoms. The van der Waals surface area contributed by atoms with Gasteiger partial charge >= 0.3 is 0 Å². The summed E-state index contributed by atoms with van der Waals surface area (Å²) in [6.07, 6.45) is 0. The highest BCUT2D eigenvalue weighted by atomic mass is 16.5. The van der Waals surface area contributed by atoms with Crippen molar-refractivity contribution in [1.29, 1.82) is 0 Å². The Labute approximate surface area is 140 Å². The van der Waals surface area contributed by atoms with Gasteiger partial charge in [0.2, 0.25) is 5.91 Å². The van der Waals surface area contributed by atoms with Crippen LogP contribution in [0.5, 0.6) is 11.5 Å². The quantitative estimate of drug-likeness (QED) is 0.855. The zero-order valence-corrected chi connectivity index (χ0v) is 13.9. The molecule has 2 rings (SSSR count). The molecule has 0 radical (unpaired) electrons. The van der Waals surface area contributed by atoms with Crippen molar-refractivity contribution in [3.8, 4) is 11.5 Å². The molecule has 0 aliphatic heterocycles. The van der Waals surface area contributed by atoms with Gasteiger partial charge < -0.3 is 20.1 Å². The fourth-order valence-corrected chi connectivity index (χ4v) is 2.11. The topological polar surface area (TPSA) is 76.7 Å². The second kappa shape index (κ2) is 8.01. The zero-order chi connectivity index (χ0) is 17.5. The molecule has 24 heavy (non-hydrogen) atoms. The van der Waals surface area contributed by atoms with Crippen molar-refractivity contribution in [3.63, 3.8) is 0 Å². The Balaban J connectivity index is 1.95. The highest BCUT2D eigenvalue weighted by Gasteiger charge is 2.08. The lowest BCUT2D eigenvalue weighted by molar-refractivity contribution is -0.118. The third kappa shape index (κ3) is 5.01. The Morgan fingerprint density at radius 3 is 2.38 bits per heavy atom. The highest BCUT2D eigenvalue weighted by molar-refractivity contribution is 5.94. The molecule has 6 nitrogen and oxygen atoms in total. The second-order valence-corrected chi connectivity index (χ2v) is 5.25. The van der Waals surface area contributed by atoms with Gasteiger partial charge in [-0.25, -0.2) is 0 Å². The Bertz CT molecular complexity index is 744. The number of nitrogens with one attached hydrogen (secondary N) is 2. The van der Waals surface area contributed by atoms with E-state index in [4.69, 9.17) is 9.47 Å². The maximum Gasteiger partial charge on any atom is 0.262 e. The van der Waals surface area contributed by atoms with Gasteiger partial charge in [0.1, 0.15) is 0 Å². The van der Waals surface area contributed by atoms with E-state index in [1.165, 1.54) is 6.92 Å². The number of aryl methyl sites for hydroxylation is 1. The van der Waals surface area contributed by atoms with Crippen molar-refractivity contribution < 1.29 is 19.1 Å². The van der Waals surface area contributed by atoms with E-state index in [1.807, 2.05) is 19.1 Å². The molecule has 2 N–H and O–H groups in total. The van der Waals surface area contributed by atoms with Crippen LogP contribution in [0.25, 0.3) is 0 Å². The minimum atomic E-state index is -0.308. The normalized spacial score (nSPS) is 9.96. The van der Waals surface area contributed by atoms with Crippen molar-refractivity contribution in [2.75, 3.05) is 24.4 Å². The van der Waals surface area contributed by atoms with Crippen molar-refractivity contribution >= 4 is 23.2 Å². The number of carbonyl (C=O) groups excluding carboxylic acids is 2. The van der Waals surface area contributed by atoms with Gasteiger partial charge in [-0.2, -0.15) is 0 Å². The molecule has 0 fully saturated rings. The van der Waals surface area contributed by atoms with Crippen LogP contribution in [0.1, 0.15) is 12.5 Å². The summed E-state index contributed by atoms with van der Waals surface area (Å²) in [5.41, 5.74) is 2.23. The number of hydrogen-bond acceptors (Lipinski definition) is 4. The van der Waals surface area contributed by atoms with Gasteiger partial charge in [0.15, 0.2) is 18.1 Å². The second-order valence-electron chi connectivity index (χ2n) is 5.25. The first-order valence-corrected chi connectivity index (χ1v) is 7.43. The summed E-state index contributed by atoms with van der Waals surface area (Å²) in [5.74, 6) is 0.603. The van der Waals surface area contributed by atoms with E-state index in [-0.39, 0.29) is 18.4 Å². The first kappa shape index (κ1) is 17.3. The summed E-state index contributed by atoms with van der Waals surface area (Å²) < 4.78 is 10.7. The van der Waals surface area contributed by atoms with Crippen molar-refractivity contribution in [1.82, 2.24) is 0 Å². The summed E-state index contributed by atoms with van der Waals surface area (Å²) in [6, 6.07) is 12.4. The fraction of sp³-hybridized carbons (Fsp3) is 0.222. The van der Waals surface area contributed by atoms with Crippen LogP contribution in [0.2, 0.25) is 0 Å². The largest absolute Gasteiger partial charge is 0.493 e. The summed E-state index contributed by atoms with van der Waals surface area (Å²) in [5, 5.41) is 5.38. The molecule has 2 aromatic carbocycles. The fourth-order valence-electron chi connectivity index (χ4n) is 2.11. The summed E-state index contributed by atoms with van der Waals surface area (Å²) in [4.78, 5) is 23.1. The van der Waals surface area contributed by atoms with Crippen LogP contribution in [-0.4, -0.2) is 25.5 Å². The third-order valence-electron chi connectivity index (χ3n) is 3.14. The highest BCUT2D eigenvalue weighted by Crippen LogP contribution is 2.27. The minimum absolute atomic E-state index is 0.149. The van der Waals surface area contributed by atoms with Crippen LogP contribution in [-0.2, 0) is 9.59 Å². The summed E-state index contributed by atoms with van der Waals surface area (Å²) in [6.45, 7) is 3.22. The molecule has 2 aromatic rings. The van der Waals surface area contributed by atoms with Crippen molar-refractivity contribution in [2.45, 2.75) is 13.8 Å². The van der Waals surface area contributed by atoms with E-state index in [2.05, 4.69) is 10.6 Å². The third-order valence-corrected chi connectivity index (χ3v) is 3.14. The smallest absolute Gasteiger partial charge is 0.262 e. The number of methoxy groups -OCH3 is 1. The van der Waals surface area contributed by atoms with Crippen LogP contribution in [0, 0.1) is 6.92 Å².